The van der Waals surface area contributed by atoms with Gasteiger partial charge in [-0.25, -0.2) is 4.39 Å². The maximum atomic E-state index is 13.2. The first-order valence-corrected chi connectivity index (χ1v) is 6.62. The van der Waals surface area contributed by atoms with Gasteiger partial charge in [0, 0.05) is 29.9 Å². The van der Waals surface area contributed by atoms with Crippen molar-refractivity contribution in [3.8, 4) is 0 Å². The number of nitrogens with two attached hydrogens (primary N) is 1. The molecule has 0 amide bonds. The van der Waals surface area contributed by atoms with Crippen LogP contribution < -0.4 is 10.6 Å². The molecule has 0 radical (unpaired) electrons. The highest BCUT2D eigenvalue weighted by molar-refractivity contribution is 6.31. The van der Waals surface area contributed by atoms with Crippen molar-refractivity contribution in [2.45, 2.75) is 6.54 Å². The van der Waals surface area contributed by atoms with Crippen LogP contribution in [-0.4, -0.2) is 18.1 Å². The van der Waals surface area contributed by atoms with Crippen LogP contribution in [0.3, 0.4) is 0 Å². The minimum Gasteiger partial charge on any atom is -0.409 e. The summed E-state index contributed by atoms with van der Waals surface area (Å²) in [5.41, 5.74) is 7.67. The van der Waals surface area contributed by atoms with E-state index in [-0.39, 0.29) is 11.7 Å². The smallest absolute Gasteiger partial charge is 0.170 e. The van der Waals surface area contributed by atoms with Crippen LogP contribution in [0.4, 0.5) is 10.1 Å². The van der Waals surface area contributed by atoms with Crippen LogP contribution in [0.5, 0.6) is 0 Å². The van der Waals surface area contributed by atoms with E-state index in [4.69, 9.17) is 22.5 Å². The quantitative estimate of drug-likeness (QED) is 0.394. The molecule has 0 fully saturated rings. The van der Waals surface area contributed by atoms with Crippen molar-refractivity contribution >= 4 is 23.1 Å². The lowest BCUT2D eigenvalue weighted by atomic mass is 10.1. The maximum absolute atomic E-state index is 13.2. The highest BCUT2D eigenvalue weighted by Crippen LogP contribution is 2.22. The summed E-state index contributed by atoms with van der Waals surface area (Å²) in [4.78, 5) is 1.88. The Bertz CT molecular complexity index is 676. The third kappa shape index (κ3) is 3.64. The molecule has 0 heterocycles. The van der Waals surface area contributed by atoms with E-state index in [1.807, 2.05) is 18.0 Å². The zero-order valence-corrected chi connectivity index (χ0v) is 12.2. The summed E-state index contributed by atoms with van der Waals surface area (Å²) in [5, 5.41) is 12.1. The fourth-order valence-electron chi connectivity index (χ4n) is 1.95. The van der Waals surface area contributed by atoms with Crippen LogP contribution in [0.15, 0.2) is 47.6 Å². The lowest BCUT2D eigenvalue weighted by Crippen LogP contribution is -2.17. The van der Waals surface area contributed by atoms with Gasteiger partial charge < -0.3 is 15.8 Å². The molecule has 0 spiro atoms. The Morgan fingerprint density at radius 1 is 1.33 bits per heavy atom. The van der Waals surface area contributed by atoms with Crippen molar-refractivity contribution in [3.05, 3.63) is 64.4 Å². The van der Waals surface area contributed by atoms with Crippen LogP contribution in [0, 0.1) is 5.82 Å². The van der Waals surface area contributed by atoms with E-state index in [9.17, 15) is 4.39 Å². The van der Waals surface area contributed by atoms with E-state index in [0.29, 0.717) is 17.1 Å². The molecular weight excluding hydrogens is 293 g/mol. The van der Waals surface area contributed by atoms with E-state index >= 15 is 0 Å². The van der Waals surface area contributed by atoms with Gasteiger partial charge in [0.15, 0.2) is 5.84 Å². The highest BCUT2D eigenvalue weighted by atomic mass is 35.5. The van der Waals surface area contributed by atoms with E-state index in [2.05, 4.69) is 5.16 Å². The first kappa shape index (κ1) is 15.1. The summed E-state index contributed by atoms with van der Waals surface area (Å²) in [6.45, 7) is 0.513. The predicted molar refractivity (Wildman–Crippen MR) is 82.5 cm³/mol. The molecule has 4 nitrogen and oxygen atoms in total. The summed E-state index contributed by atoms with van der Waals surface area (Å²) in [5.74, 6) is -0.283. The molecule has 0 saturated carbocycles. The predicted octanol–water partition coefficient (Wildman–Crippen LogP) is 3.21. The summed E-state index contributed by atoms with van der Waals surface area (Å²) in [6, 6.07) is 11.5. The van der Waals surface area contributed by atoms with Gasteiger partial charge in [0.2, 0.25) is 0 Å². The van der Waals surface area contributed by atoms with E-state index in [0.717, 1.165) is 11.3 Å². The molecule has 0 bridgehead atoms. The van der Waals surface area contributed by atoms with Crippen molar-refractivity contribution in [1.29, 1.82) is 0 Å². The van der Waals surface area contributed by atoms with Gasteiger partial charge >= 0.3 is 0 Å². The second-order valence-electron chi connectivity index (χ2n) is 4.63. The number of halogens is 2. The number of hydrogen-bond acceptors (Lipinski definition) is 3. The zero-order valence-electron chi connectivity index (χ0n) is 11.4. The lowest BCUT2D eigenvalue weighted by Gasteiger charge is -2.20. The molecule has 0 saturated heterocycles. The summed E-state index contributed by atoms with van der Waals surface area (Å²) in [7, 11) is 1.85. The Morgan fingerprint density at radius 3 is 2.71 bits per heavy atom. The Labute approximate surface area is 127 Å². The topological polar surface area (TPSA) is 61.8 Å². The number of hydrogen-bond donors (Lipinski definition) is 2. The second-order valence-corrected chi connectivity index (χ2v) is 5.03. The molecule has 3 N–H and O–H groups in total. The molecule has 21 heavy (non-hydrogen) atoms. The molecule has 0 aliphatic rings. The first-order valence-electron chi connectivity index (χ1n) is 6.24. The zero-order chi connectivity index (χ0) is 15.4. The molecule has 0 unspecified atom stereocenters. The van der Waals surface area contributed by atoms with Gasteiger partial charge in [-0.1, -0.05) is 35.0 Å². The number of rotatable bonds is 4. The first-order chi connectivity index (χ1) is 10.0. The Hall–Kier alpha value is -2.27. The SMILES string of the molecule is CN(Cc1ccc(/C(N)=N/O)cc1Cl)c1cccc(F)c1. The average molecular weight is 308 g/mol. The molecule has 0 aliphatic carbocycles. The number of oxime groups is 1. The van der Waals surface area contributed by atoms with Gasteiger partial charge in [-0.15, -0.1) is 0 Å². The lowest BCUT2D eigenvalue weighted by molar-refractivity contribution is 0.318. The van der Waals surface area contributed by atoms with Crippen LogP contribution in [-0.2, 0) is 6.54 Å². The molecular formula is C15H15ClFN3O. The number of benzene rings is 2. The van der Waals surface area contributed by atoms with E-state index in [1.54, 1.807) is 24.3 Å². The third-order valence-electron chi connectivity index (χ3n) is 3.11. The molecule has 0 aromatic heterocycles. The number of nitrogens with zero attached hydrogens (tertiary/aromatic N) is 2. The standard InChI is InChI=1S/C15H15ClFN3O/c1-20(13-4-2-3-12(17)8-13)9-11-6-5-10(7-14(11)16)15(18)19-21/h2-8,21H,9H2,1H3,(H2,18,19). The van der Waals surface area contributed by atoms with Crippen LogP contribution in [0.1, 0.15) is 11.1 Å². The molecule has 0 aliphatic heterocycles. The average Bonchev–Trinajstić information content (AvgIpc) is 2.48. The van der Waals surface area contributed by atoms with Gasteiger partial charge in [-0.05, 0) is 29.8 Å². The summed E-state index contributed by atoms with van der Waals surface area (Å²) >= 11 is 6.20. The minimum absolute atomic E-state index is 0.00179. The van der Waals surface area contributed by atoms with Gasteiger partial charge in [0.25, 0.3) is 0 Å². The fraction of sp³-hybridized carbons (Fsp3) is 0.133. The molecule has 110 valence electrons. The van der Waals surface area contributed by atoms with Crippen molar-refractivity contribution in [1.82, 2.24) is 0 Å². The van der Waals surface area contributed by atoms with Gasteiger partial charge in [0.1, 0.15) is 5.82 Å². The van der Waals surface area contributed by atoms with Crippen molar-refractivity contribution in [2.24, 2.45) is 10.9 Å². The molecule has 2 rings (SSSR count). The second kappa shape index (κ2) is 6.45. The fourth-order valence-corrected chi connectivity index (χ4v) is 2.19. The van der Waals surface area contributed by atoms with Gasteiger partial charge in [-0.2, -0.15) is 0 Å². The van der Waals surface area contributed by atoms with Crippen LogP contribution in [0.25, 0.3) is 0 Å². The highest BCUT2D eigenvalue weighted by Gasteiger charge is 2.08. The van der Waals surface area contributed by atoms with Crippen molar-refractivity contribution < 1.29 is 9.60 Å². The Kier molecular flexibility index (Phi) is 4.65. The largest absolute Gasteiger partial charge is 0.409 e. The molecule has 2 aromatic carbocycles. The number of amidine groups is 1. The van der Waals surface area contributed by atoms with E-state index < -0.39 is 0 Å². The van der Waals surface area contributed by atoms with Crippen molar-refractivity contribution in [2.75, 3.05) is 11.9 Å². The van der Waals surface area contributed by atoms with Crippen molar-refractivity contribution in [3.63, 3.8) is 0 Å². The van der Waals surface area contributed by atoms with E-state index in [1.165, 1.54) is 12.1 Å². The summed E-state index contributed by atoms with van der Waals surface area (Å²) < 4.78 is 13.2. The maximum Gasteiger partial charge on any atom is 0.170 e. The Morgan fingerprint density at radius 2 is 2.10 bits per heavy atom. The molecule has 6 heteroatoms. The third-order valence-corrected chi connectivity index (χ3v) is 3.46. The van der Waals surface area contributed by atoms with Gasteiger partial charge in [0.05, 0.1) is 0 Å². The van der Waals surface area contributed by atoms with Crippen LogP contribution in [0.2, 0.25) is 5.02 Å². The minimum atomic E-state index is -0.285. The molecule has 2 aromatic rings. The van der Waals surface area contributed by atoms with Gasteiger partial charge in [-0.3, -0.25) is 0 Å². The van der Waals surface area contributed by atoms with Crippen LogP contribution >= 0.6 is 11.6 Å². The molecule has 0 atom stereocenters. The Balaban J connectivity index is 2.20. The summed E-state index contributed by atoms with van der Waals surface area (Å²) in [6.07, 6.45) is 0. The number of anilines is 1. The monoisotopic (exact) mass is 307 g/mol. The normalized spacial score (nSPS) is 11.5.